The van der Waals surface area contributed by atoms with Gasteiger partial charge in [0.25, 0.3) is 0 Å². The summed E-state index contributed by atoms with van der Waals surface area (Å²) in [5.74, 6) is -0.0373. The number of aliphatic hydroxyl groups is 1. The molecule has 2 rings (SSSR count). The van der Waals surface area contributed by atoms with Crippen LogP contribution in [0.25, 0.3) is 0 Å². The Kier molecular flexibility index (Phi) is 8.46. The molecule has 0 aliphatic carbocycles. The fourth-order valence-corrected chi connectivity index (χ4v) is 4.79. The number of nitriles is 1. The van der Waals surface area contributed by atoms with Crippen LogP contribution in [0.5, 0.6) is 0 Å². The molecule has 0 saturated heterocycles. The number of hydrogen-bond acceptors (Lipinski definition) is 6. The lowest BCUT2D eigenvalue weighted by Gasteiger charge is -2.22. The summed E-state index contributed by atoms with van der Waals surface area (Å²) >= 11 is 3.01. The van der Waals surface area contributed by atoms with Gasteiger partial charge in [-0.15, -0.1) is 11.3 Å². The first-order valence-corrected chi connectivity index (χ1v) is 11.8. The van der Waals surface area contributed by atoms with Crippen LogP contribution in [0, 0.1) is 17.1 Å². The number of rotatable bonds is 8. The molecule has 0 fully saturated rings. The molecular weight excluding hydrogens is 433 g/mol. The molecule has 31 heavy (non-hydrogen) atoms. The number of halogens is 1. The highest BCUT2D eigenvalue weighted by molar-refractivity contribution is 8.01. The van der Waals surface area contributed by atoms with Gasteiger partial charge in [-0.05, 0) is 23.5 Å². The van der Waals surface area contributed by atoms with Gasteiger partial charge in [0.15, 0.2) is 5.96 Å². The highest BCUT2D eigenvalue weighted by atomic mass is 32.2. The molecule has 1 aromatic heterocycles. The molecule has 1 aromatic carbocycles. The molecule has 168 valence electrons. The molecule has 0 amide bonds. The molecule has 2 aromatic rings. The highest BCUT2D eigenvalue weighted by Gasteiger charge is 2.24. The van der Waals surface area contributed by atoms with Crippen molar-refractivity contribution < 1.29 is 9.50 Å². The van der Waals surface area contributed by atoms with Gasteiger partial charge in [0, 0.05) is 11.0 Å². The Morgan fingerprint density at radius 3 is 2.61 bits per heavy atom. The summed E-state index contributed by atoms with van der Waals surface area (Å²) in [7, 11) is 0. The summed E-state index contributed by atoms with van der Waals surface area (Å²) in [5, 5.41) is 22.7. The second-order valence-corrected chi connectivity index (χ2v) is 10.8. The first-order chi connectivity index (χ1) is 14.5. The molecular formula is C22H30FN5OS2. The van der Waals surface area contributed by atoms with Crippen molar-refractivity contribution in [3.63, 3.8) is 0 Å². The summed E-state index contributed by atoms with van der Waals surface area (Å²) in [5.41, 5.74) is 7.62. The van der Waals surface area contributed by atoms with E-state index < -0.39 is 5.82 Å². The Labute approximate surface area is 191 Å². The van der Waals surface area contributed by atoms with Crippen LogP contribution in [-0.4, -0.2) is 28.5 Å². The lowest BCUT2D eigenvalue weighted by atomic mass is 9.90. The number of nitrogens with zero attached hydrogens (tertiary/aromatic N) is 3. The minimum Gasteiger partial charge on any atom is -0.395 e. The number of thiazole rings is 1. The molecule has 0 radical (unpaired) electrons. The van der Waals surface area contributed by atoms with Crippen molar-refractivity contribution in [1.29, 1.82) is 5.26 Å². The summed E-state index contributed by atoms with van der Waals surface area (Å²) in [6.07, 6.45) is 1.77. The number of aliphatic hydroxyl groups excluding tert-OH is 1. The maximum atomic E-state index is 14.9. The van der Waals surface area contributed by atoms with E-state index in [1.165, 1.54) is 23.1 Å². The molecule has 0 atom stereocenters. The molecule has 0 spiro atoms. The standard InChI is InChI=1S/C22H30FN5OS2/c1-12(2)15-7-14(8-24)18(23)17(13(3)4)19(15)28-21(25)27-11-30-16-9-26-20(31-16)22(5,6)10-29/h7,9,12-13,29H,10-11H2,1-6H3,(H3,25,27,28). The van der Waals surface area contributed by atoms with E-state index in [1.807, 2.05) is 47.6 Å². The number of benzene rings is 1. The summed E-state index contributed by atoms with van der Waals surface area (Å²) in [6.45, 7) is 11.6. The van der Waals surface area contributed by atoms with Gasteiger partial charge in [0.1, 0.15) is 16.9 Å². The summed E-state index contributed by atoms with van der Waals surface area (Å²) < 4.78 is 15.9. The monoisotopic (exact) mass is 463 g/mol. The van der Waals surface area contributed by atoms with Gasteiger partial charge in [-0.2, -0.15) is 5.26 Å². The van der Waals surface area contributed by atoms with Crippen LogP contribution in [0.15, 0.2) is 21.5 Å². The van der Waals surface area contributed by atoms with E-state index in [0.717, 1.165) is 14.8 Å². The van der Waals surface area contributed by atoms with Crippen LogP contribution >= 0.6 is 23.1 Å². The number of guanidine groups is 1. The quantitative estimate of drug-likeness (QED) is 0.284. The number of nitrogens with two attached hydrogens (primary N) is 1. The average Bonchev–Trinajstić information content (AvgIpc) is 3.17. The number of nitrogens with one attached hydrogen (secondary N) is 1. The third kappa shape index (κ3) is 5.97. The maximum absolute atomic E-state index is 14.9. The van der Waals surface area contributed by atoms with Crippen molar-refractivity contribution in [3.05, 3.63) is 39.8 Å². The van der Waals surface area contributed by atoms with Gasteiger partial charge in [0.05, 0.1) is 34.1 Å². The molecule has 9 heteroatoms. The number of aromatic nitrogens is 1. The fraction of sp³-hybridized carbons (Fsp3) is 0.500. The largest absolute Gasteiger partial charge is 0.395 e. The third-order valence-corrected chi connectivity index (χ3v) is 7.21. The van der Waals surface area contributed by atoms with E-state index in [0.29, 0.717) is 17.1 Å². The van der Waals surface area contributed by atoms with E-state index >= 15 is 0 Å². The van der Waals surface area contributed by atoms with E-state index in [1.54, 1.807) is 12.3 Å². The van der Waals surface area contributed by atoms with E-state index in [-0.39, 0.29) is 35.4 Å². The first kappa shape index (κ1) is 25.1. The molecule has 0 aliphatic heterocycles. The summed E-state index contributed by atoms with van der Waals surface area (Å²) in [4.78, 5) is 8.75. The van der Waals surface area contributed by atoms with Crippen molar-refractivity contribution >= 4 is 34.7 Å². The predicted molar refractivity (Wildman–Crippen MR) is 127 cm³/mol. The Bertz CT molecular complexity index is 993. The maximum Gasteiger partial charge on any atom is 0.193 e. The number of thioether (sulfide) groups is 1. The summed E-state index contributed by atoms with van der Waals surface area (Å²) in [6, 6.07) is 3.53. The van der Waals surface area contributed by atoms with Gasteiger partial charge in [-0.1, -0.05) is 53.3 Å². The van der Waals surface area contributed by atoms with Crippen LogP contribution in [0.4, 0.5) is 10.1 Å². The third-order valence-electron chi connectivity index (χ3n) is 4.80. The van der Waals surface area contributed by atoms with Crippen LogP contribution < -0.4 is 11.1 Å². The Balaban J connectivity index is 2.23. The molecule has 1 heterocycles. The van der Waals surface area contributed by atoms with Gasteiger partial charge in [-0.25, -0.2) is 14.4 Å². The van der Waals surface area contributed by atoms with Gasteiger partial charge in [-0.3, -0.25) is 0 Å². The van der Waals surface area contributed by atoms with Crippen LogP contribution in [0.2, 0.25) is 0 Å². The molecule has 4 N–H and O–H groups in total. The average molecular weight is 464 g/mol. The van der Waals surface area contributed by atoms with Crippen LogP contribution in [0.3, 0.4) is 0 Å². The van der Waals surface area contributed by atoms with E-state index in [9.17, 15) is 14.8 Å². The normalized spacial score (nSPS) is 12.5. The van der Waals surface area contributed by atoms with Crippen molar-refractivity contribution in [2.75, 3.05) is 17.8 Å². The van der Waals surface area contributed by atoms with Crippen molar-refractivity contribution in [2.24, 2.45) is 10.7 Å². The SMILES string of the molecule is CC(C)c1cc(C#N)c(F)c(C(C)C)c1N/C(N)=N/CSc1cnc(C(C)(C)CO)s1. The number of aliphatic imine (C=N–C) groups is 1. The van der Waals surface area contributed by atoms with Crippen molar-refractivity contribution in [1.82, 2.24) is 4.98 Å². The van der Waals surface area contributed by atoms with Crippen LogP contribution in [0.1, 0.15) is 75.1 Å². The van der Waals surface area contributed by atoms with Crippen LogP contribution in [-0.2, 0) is 5.41 Å². The molecule has 6 nitrogen and oxygen atoms in total. The highest BCUT2D eigenvalue weighted by Crippen LogP contribution is 2.36. The van der Waals surface area contributed by atoms with Crippen molar-refractivity contribution in [3.8, 4) is 6.07 Å². The lowest BCUT2D eigenvalue weighted by molar-refractivity contribution is 0.218. The zero-order chi connectivity index (χ0) is 23.3. The van der Waals surface area contributed by atoms with E-state index in [4.69, 9.17) is 5.73 Å². The lowest BCUT2D eigenvalue weighted by Crippen LogP contribution is -2.25. The van der Waals surface area contributed by atoms with Gasteiger partial charge in [0.2, 0.25) is 0 Å². The van der Waals surface area contributed by atoms with Crippen molar-refractivity contribution in [2.45, 2.75) is 63.0 Å². The fourth-order valence-electron chi connectivity index (χ4n) is 2.96. The Morgan fingerprint density at radius 1 is 1.39 bits per heavy atom. The predicted octanol–water partition coefficient (Wildman–Crippen LogP) is 5.15. The molecule has 0 aliphatic rings. The minimum atomic E-state index is -0.518. The zero-order valence-corrected chi connectivity index (χ0v) is 20.4. The molecule has 0 saturated carbocycles. The molecule has 0 bridgehead atoms. The van der Waals surface area contributed by atoms with Gasteiger partial charge < -0.3 is 16.2 Å². The van der Waals surface area contributed by atoms with E-state index in [2.05, 4.69) is 15.3 Å². The smallest absolute Gasteiger partial charge is 0.193 e. The minimum absolute atomic E-state index is 0.0250. The topological polar surface area (TPSA) is 107 Å². The Morgan fingerprint density at radius 2 is 2.06 bits per heavy atom. The first-order valence-electron chi connectivity index (χ1n) is 10.0. The number of hydrogen-bond donors (Lipinski definition) is 3. The number of anilines is 1. The molecule has 0 unspecified atom stereocenters. The Hall–Kier alpha value is -2.15. The second-order valence-electron chi connectivity index (χ2n) is 8.51. The zero-order valence-electron chi connectivity index (χ0n) is 18.8. The second kappa shape index (κ2) is 10.4. The van der Waals surface area contributed by atoms with Gasteiger partial charge >= 0.3 is 0 Å².